The quantitative estimate of drug-likeness (QED) is 0.890. The first-order chi connectivity index (χ1) is 10.6. The van der Waals surface area contributed by atoms with Gasteiger partial charge in [0.1, 0.15) is 5.69 Å². The number of halogens is 1. The van der Waals surface area contributed by atoms with Gasteiger partial charge in [0, 0.05) is 24.2 Å². The largest absolute Gasteiger partial charge is 0.347 e. The predicted molar refractivity (Wildman–Crippen MR) is 86.0 cm³/mol. The zero-order valence-electron chi connectivity index (χ0n) is 12.4. The maximum Gasteiger partial charge on any atom is 0.271 e. The number of amides is 1. The number of nitrogens with zero attached hydrogens (tertiary/aromatic N) is 2. The highest BCUT2D eigenvalue weighted by atomic mass is 35.5. The molecule has 6 heteroatoms. The molecular weight excluding hydrogens is 302 g/mol. The molecule has 0 atom stereocenters. The first-order valence-electron chi connectivity index (χ1n) is 7.21. The van der Waals surface area contributed by atoms with Crippen LogP contribution in [-0.2, 0) is 13.1 Å². The van der Waals surface area contributed by atoms with E-state index in [1.807, 2.05) is 19.1 Å². The van der Waals surface area contributed by atoms with Crippen molar-refractivity contribution in [1.29, 1.82) is 0 Å². The Balaban J connectivity index is 2.02. The van der Waals surface area contributed by atoms with Crippen molar-refractivity contribution in [3.63, 3.8) is 0 Å². The van der Waals surface area contributed by atoms with Gasteiger partial charge in [-0.1, -0.05) is 37.1 Å². The summed E-state index contributed by atoms with van der Waals surface area (Å²) in [6, 6.07) is 10.1. The third-order valence-electron chi connectivity index (χ3n) is 3.19. The van der Waals surface area contributed by atoms with Crippen LogP contribution in [0.3, 0.4) is 0 Å². The lowest BCUT2D eigenvalue weighted by atomic mass is 10.2. The number of rotatable bonds is 6. The molecule has 1 N–H and O–H groups in total. The van der Waals surface area contributed by atoms with Gasteiger partial charge in [0.25, 0.3) is 11.5 Å². The van der Waals surface area contributed by atoms with Crippen molar-refractivity contribution in [1.82, 2.24) is 15.1 Å². The van der Waals surface area contributed by atoms with Crippen LogP contribution in [0.15, 0.2) is 41.2 Å². The number of benzene rings is 1. The molecule has 0 saturated heterocycles. The van der Waals surface area contributed by atoms with Crippen molar-refractivity contribution < 1.29 is 4.79 Å². The Labute approximate surface area is 133 Å². The van der Waals surface area contributed by atoms with Crippen LogP contribution in [0.5, 0.6) is 0 Å². The number of hydrogen-bond acceptors (Lipinski definition) is 3. The van der Waals surface area contributed by atoms with Crippen molar-refractivity contribution in [2.75, 3.05) is 0 Å². The molecule has 1 amide bonds. The fraction of sp³-hybridized carbons (Fsp3) is 0.312. The zero-order valence-corrected chi connectivity index (χ0v) is 13.1. The Hall–Kier alpha value is -2.14. The van der Waals surface area contributed by atoms with Crippen LogP contribution < -0.4 is 10.9 Å². The van der Waals surface area contributed by atoms with E-state index in [0.717, 1.165) is 18.4 Å². The van der Waals surface area contributed by atoms with E-state index in [1.165, 1.54) is 16.8 Å². The van der Waals surface area contributed by atoms with Gasteiger partial charge in [-0.3, -0.25) is 9.59 Å². The molecule has 0 radical (unpaired) electrons. The number of unbranched alkanes of at least 4 members (excludes halogenated alkanes) is 1. The van der Waals surface area contributed by atoms with Gasteiger partial charge in [-0.05, 0) is 30.2 Å². The summed E-state index contributed by atoms with van der Waals surface area (Å²) < 4.78 is 1.33. The summed E-state index contributed by atoms with van der Waals surface area (Å²) in [7, 11) is 0. The van der Waals surface area contributed by atoms with Crippen LogP contribution >= 0.6 is 11.6 Å². The zero-order chi connectivity index (χ0) is 15.9. The van der Waals surface area contributed by atoms with E-state index < -0.39 is 0 Å². The van der Waals surface area contributed by atoms with Crippen LogP contribution in [0, 0.1) is 0 Å². The molecule has 22 heavy (non-hydrogen) atoms. The van der Waals surface area contributed by atoms with E-state index in [0.29, 0.717) is 18.1 Å². The standard InChI is InChI=1S/C16H18ClN3O2/c1-2-3-10-20-15(21)9-8-14(19-20)16(22)18-11-12-4-6-13(17)7-5-12/h4-9H,2-3,10-11H2,1H3,(H,18,22). The molecule has 2 rings (SSSR count). The molecule has 0 aliphatic carbocycles. The summed E-state index contributed by atoms with van der Waals surface area (Å²) in [5, 5.41) is 7.54. The fourth-order valence-electron chi connectivity index (χ4n) is 1.91. The normalized spacial score (nSPS) is 10.5. The SMILES string of the molecule is CCCCn1nc(C(=O)NCc2ccc(Cl)cc2)ccc1=O. The van der Waals surface area contributed by atoms with Crippen molar-refractivity contribution in [3.05, 3.63) is 63.0 Å². The topological polar surface area (TPSA) is 64.0 Å². The number of aromatic nitrogens is 2. The number of nitrogens with one attached hydrogen (secondary N) is 1. The van der Waals surface area contributed by atoms with Gasteiger partial charge in [0.05, 0.1) is 0 Å². The minimum absolute atomic E-state index is 0.192. The second-order valence-electron chi connectivity index (χ2n) is 4.94. The monoisotopic (exact) mass is 319 g/mol. The Morgan fingerprint density at radius 1 is 1.23 bits per heavy atom. The number of aryl methyl sites for hydroxylation is 1. The summed E-state index contributed by atoms with van der Waals surface area (Å²) in [4.78, 5) is 23.8. The van der Waals surface area contributed by atoms with Gasteiger partial charge >= 0.3 is 0 Å². The van der Waals surface area contributed by atoms with Crippen LogP contribution in [0.1, 0.15) is 35.8 Å². The molecule has 5 nitrogen and oxygen atoms in total. The third kappa shape index (κ3) is 4.43. The summed E-state index contributed by atoms with van der Waals surface area (Å²) >= 11 is 5.81. The maximum atomic E-state index is 12.1. The predicted octanol–water partition coefficient (Wildman–Crippen LogP) is 2.63. The minimum atomic E-state index is -0.305. The number of hydrogen-bond donors (Lipinski definition) is 1. The Kier molecular flexibility index (Phi) is 5.72. The summed E-state index contributed by atoms with van der Waals surface area (Å²) in [5.41, 5.74) is 0.990. The third-order valence-corrected chi connectivity index (χ3v) is 3.44. The first kappa shape index (κ1) is 16.2. The summed E-state index contributed by atoms with van der Waals surface area (Å²) in [6.07, 6.45) is 1.81. The Morgan fingerprint density at radius 2 is 1.95 bits per heavy atom. The lowest BCUT2D eigenvalue weighted by Crippen LogP contribution is -2.29. The molecule has 0 unspecified atom stereocenters. The average Bonchev–Trinajstić information content (AvgIpc) is 2.53. The Bertz CT molecular complexity index is 695. The van der Waals surface area contributed by atoms with Crippen LogP contribution in [-0.4, -0.2) is 15.7 Å². The summed E-state index contributed by atoms with van der Waals surface area (Å²) in [5.74, 6) is -0.305. The molecule has 0 spiro atoms. The molecule has 1 aromatic heterocycles. The fourth-order valence-corrected chi connectivity index (χ4v) is 2.04. The van der Waals surface area contributed by atoms with Crippen LogP contribution in [0.2, 0.25) is 5.02 Å². The highest BCUT2D eigenvalue weighted by Crippen LogP contribution is 2.09. The van der Waals surface area contributed by atoms with Crippen molar-refractivity contribution in [2.45, 2.75) is 32.9 Å². The van der Waals surface area contributed by atoms with Crippen LogP contribution in [0.4, 0.5) is 0 Å². The molecule has 0 fully saturated rings. The lowest BCUT2D eigenvalue weighted by molar-refractivity contribution is 0.0943. The molecular formula is C16H18ClN3O2. The molecule has 0 saturated carbocycles. The second kappa shape index (κ2) is 7.75. The first-order valence-corrected chi connectivity index (χ1v) is 7.58. The van der Waals surface area contributed by atoms with E-state index in [2.05, 4.69) is 10.4 Å². The highest BCUT2D eigenvalue weighted by Gasteiger charge is 2.09. The smallest absolute Gasteiger partial charge is 0.271 e. The van der Waals surface area contributed by atoms with Gasteiger partial charge < -0.3 is 5.32 Å². The van der Waals surface area contributed by atoms with Gasteiger partial charge in [0.2, 0.25) is 0 Å². The Morgan fingerprint density at radius 3 is 2.64 bits per heavy atom. The highest BCUT2D eigenvalue weighted by molar-refractivity contribution is 6.30. The lowest BCUT2D eigenvalue weighted by Gasteiger charge is -2.07. The minimum Gasteiger partial charge on any atom is -0.347 e. The van der Waals surface area contributed by atoms with Gasteiger partial charge in [-0.25, -0.2) is 4.68 Å². The molecule has 0 aliphatic heterocycles. The van der Waals surface area contributed by atoms with Crippen LogP contribution in [0.25, 0.3) is 0 Å². The van der Waals surface area contributed by atoms with Gasteiger partial charge in [-0.15, -0.1) is 0 Å². The van der Waals surface area contributed by atoms with E-state index in [9.17, 15) is 9.59 Å². The molecule has 2 aromatic rings. The van der Waals surface area contributed by atoms with Crippen molar-refractivity contribution in [2.24, 2.45) is 0 Å². The maximum absolute atomic E-state index is 12.1. The van der Waals surface area contributed by atoms with E-state index >= 15 is 0 Å². The second-order valence-corrected chi connectivity index (χ2v) is 5.38. The molecule has 0 bridgehead atoms. The molecule has 1 aromatic carbocycles. The van der Waals surface area contributed by atoms with E-state index in [-0.39, 0.29) is 17.2 Å². The number of carbonyl (C=O) groups is 1. The van der Waals surface area contributed by atoms with Crippen molar-refractivity contribution >= 4 is 17.5 Å². The van der Waals surface area contributed by atoms with E-state index in [1.54, 1.807) is 12.1 Å². The summed E-state index contributed by atoms with van der Waals surface area (Å²) in [6.45, 7) is 2.94. The molecule has 0 aliphatic rings. The van der Waals surface area contributed by atoms with E-state index in [4.69, 9.17) is 11.6 Å². The average molecular weight is 320 g/mol. The number of carbonyl (C=O) groups excluding carboxylic acids is 1. The molecule has 116 valence electrons. The van der Waals surface area contributed by atoms with Gasteiger partial charge in [-0.2, -0.15) is 5.10 Å². The van der Waals surface area contributed by atoms with Crippen molar-refractivity contribution in [3.8, 4) is 0 Å². The molecule has 1 heterocycles. The van der Waals surface area contributed by atoms with Gasteiger partial charge in [0.15, 0.2) is 0 Å².